The molecule has 124 valence electrons. The molecule has 1 aliphatic rings. The molecule has 0 aliphatic heterocycles. The number of benzene rings is 1. The van der Waals surface area contributed by atoms with Crippen molar-refractivity contribution in [2.45, 2.75) is 24.7 Å². The van der Waals surface area contributed by atoms with Crippen LogP contribution in [0, 0.1) is 0 Å². The Bertz CT molecular complexity index is 901. The number of nitrogens with zero attached hydrogens (tertiary/aromatic N) is 4. The molecule has 0 amide bonds. The number of halogens is 3. The molecule has 0 saturated heterocycles. The van der Waals surface area contributed by atoms with Crippen molar-refractivity contribution in [2.24, 2.45) is 7.05 Å². The summed E-state index contributed by atoms with van der Waals surface area (Å²) in [5, 5.41) is 8.12. The molecule has 4 rings (SSSR count). The van der Waals surface area contributed by atoms with Crippen LogP contribution >= 0.6 is 15.9 Å². The van der Waals surface area contributed by atoms with Crippen molar-refractivity contribution in [3.05, 3.63) is 51.9 Å². The zero-order valence-corrected chi connectivity index (χ0v) is 14.3. The second-order valence-corrected chi connectivity index (χ2v) is 6.72. The summed E-state index contributed by atoms with van der Waals surface area (Å²) in [5.41, 5.74) is 0.903. The molecule has 1 aliphatic carbocycles. The Hall–Kier alpha value is -2.09. The van der Waals surface area contributed by atoms with Crippen LogP contribution in [-0.2, 0) is 12.5 Å². The maximum absolute atomic E-state index is 12.9. The van der Waals surface area contributed by atoms with Gasteiger partial charge in [-0.3, -0.25) is 4.68 Å². The van der Waals surface area contributed by atoms with Crippen LogP contribution in [0.25, 0.3) is 11.6 Å². The molecular formula is C16H13BrF2N4O. The van der Waals surface area contributed by atoms with E-state index >= 15 is 0 Å². The van der Waals surface area contributed by atoms with Gasteiger partial charge in [-0.1, -0.05) is 39.3 Å². The molecule has 1 saturated carbocycles. The Morgan fingerprint density at radius 1 is 1.29 bits per heavy atom. The molecule has 2 heterocycles. The molecule has 2 aromatic heterocycles. The van der Waals surface area contributed by atoms with Gasteiger partial charge in [0.1, 0.15) is 5.69 Å². The Kier molecular flexibility index (Phi) is 3.52. The van der Waals surface area contributed by atoms with E-state index in [9.17, 15) is 8.78 Å². The smallest absolute Gasteiger partial charge is 0.280 e. The highest BCUT2D eigenvalue weighted by Crippen LogP contribution is 2.54. The first-order valence-corrected chi connectivity index (χ1v) is 8.22. The maximum Gasteiger partial charge on any atom is 0.280 e. The molecule has 0 atom stereocenters. The first-order chi connectivity index (χ1) is 11.5. The Morgan fingerprint density at radius 3 is 2.67 bits per heavy atom. The van der Waals surface area contributed by atoms with Gasteiger partial charge < -0.3 is 4.52 Å². The van der Waals surface area contributed by atoms with Crippen LogP contribution < -0.4 is 0 Å². The number of hydrogen-bond acceptors (Lipinski definition) is 4. The first-order valence-electron chi connectivity index (χ1n) is 7.43. The molecule has 0 spiro atoms. The van der Waals surface area contributed by atoms with E-state index in [0.29, 0.717) is 5.82 Å². The molecular weight excluding hydrogens is 382 g/mol. The fraction of sp³-hybridized carbons (Fsp3) is 0.312. The van der Waals surface area contributed by atoms with Crippen molar-refractivity contribution in [3.8, 4) is 11.6 Å². The minimum Gasteiger partial charge on any atom is -0.332 e. The van der Waals surface area contributed by atoms with Crippen LogP contribution in [0.3, 0.4) is 0 Å². The zero-order valence-electron chi connectivity index (χ0n) is 12.7. The average molecular weight is 395 g/mol. The van der Waals surface area contributed by atoms with E-state index in [2.05, 4.69) is 31.2 Å². The third-order valence-electron chi connectivity index (χ3n) is 4.35. The minimum atomic E-state index is -2.60. The van der Waals surface area contributed by atoms with Crippen molar-refractivity contribution >= 4 is 15.9 Å². The molecule has 5 nitrogen and oxygen atoms in total. The van der Waals surface area contributed by atoms with E-state index in [1.807, 2.05) is 24.3 Å². The SMILES string of the molecule is Cn1nc(-c2nc(C3(c4ccccc4Br)CC3)no2)cc1C(F)F. The van der Waals surface area contributed by atoms with Gasteiger partial charge in [-0.05, 0) is 30.5 Å². The Balaban J connectivity index is 1.71. The number of alkyl halides is 2. The van der Waals surface area contributed by atoms with Gasteiger partial charge in [0.05, 0.1) is 5.41 Å². The lowest BCUT2D eigenvalue weighted by atomic mass is 9.95. The number of hydrogen-bond donors (Lipinski definition) is 0. The molecule has 1 aromatic carbocycles. The van der Waals surface area contributed by atoms with Crippen LogP contribution in [-0.4, -0.2) is 19.9 Å². The number of aryl methyl sites for hydroxylation is 1. The van der Waals surface area contributed by atoms with E-state index in [1.54, 1.807) is 0 Å². The second kappa shape index (κ2) is 5.47. The largest absolute Gasteiger partial charge is 0.332 e. The minimum absolute atomic E-state index is 0.158. The van der Waals surface area contributed by atoms with Crippen molar-refractivity contribution in [3.63, 3.8) is 0 Å². The van der Waals surface area contributed by atoms with Crippen molar-refractivity contribution in [1.29, 1.82) is 0 Å². The van der Waals surface area contributed by atoms with Gasteiger partial charge in [0.25, 0.3) is 12.3 Å². The van der Waals surface area contributed by atoms with Crippen LogP contribution in [0.1, 0.15) is 36.3 Å². The van der Waals surface area contributed by atoms with Crippen LogP contribution in [0.2, 0.25) is 0 Å². The summed E-state index contributed by atoms with van der Waals surface area (Å²) in [4.78, 5) is 4.43. The summed E-state index contributed by atoms with van der Waals surface area (Å²) in [7, 11) is 1.46. The van der Waals surface area contributed by atoms with E-state index in [4.69, 9.17) is 4.52 Å². The van der Waals surface area contributed by atoms with Crippen LogP contribution in [0.4, 0.5) is 8.78 Å². The van der Waals surface area contributed by atoms with Gasteiger partial charge in [0.15, 0.2) is 11.5 Å². The van der Waals surface area contributed by atoms with E-state index in [1.165, 1.54) is 13.1 Å². The summed E-state index contributed by atoms with van der Waals surface area (Å²) in [6.07, 6.45) is -0.772. The number of aromatic nitrogens is 4. The molecule has 0 unspecified atom stereocenters. The van der Waals surface area contributed by atoms with Crippen LogP contribution in [0.5, 0.6) is 0 Å². The molecule has 8 heteroatoms. The molecule has 3 aromatic rings. The van der Waals surface area contributed by atoms with E-state index < -0.39 is 6.43 Å². The summed E-state index contributed by atoms with van der Waals surface area (Å²) in [6, 6.07) is 9.20. The topological polar surface area (TPSA) is 56.7 Å². The fourth-order valence-corrected chi connectivity index (χ4v) is 3.56. The van der Waals surface area contributed by atoms with Crippen molar-refractivity contribution in [1.82, 2.24) is 19.9 Å². The molecule has 0 bridgehead atoms. The summed E-state index contributed by atoms with van der Waals surface area (Å²) in [6.45, 7) is 0. The number of rotatable bonds is 4. The molecule has 1 fully saturated rings. The highest BCUT2D eigenvalue weighted by molar-refractivity contribution is 9.10. The summed E-state index contributed by atoms with van der Waals surface area (Å²) in [5.74, 6) is 0.722. The Labute approximate surface area is 144 Å². The van der Waals surface area contributed by atoms with E-state index in [0.717, 1.165) is 27.6 Å². The van der Waals surface area contributed by atoms with Gasteiger partial charge in [0.2, 0.25) is 0 Å². The lowest BCUT2D eigenvalue weighted by Crippen LogP contribution is -2.11. The predicted octanol–water partition coefficient (Wildman–Crippen LogP) is 4.25. The van der Waals surface area contributed by atoms with Crippen molar-refractivity contribution < 1.29 is 13.3 Å². The van der Waals surface area contributed by atoms with E-state index in [-0.39, 0.29) is 22.7 Å². The fourth-order valence-electron chi connectivity index (χ4n) is 2.90. The second-order valence-electron chi connectivity index (χ2n) is 5.86. The first kappa shape index (κ1) is 15.4. The predicted molar refractivity (Wildman–Crippen MR) is 85.6 cm³/mol. The quantitative estimate of drug-likeness (QED) is 0.663. The van der Waals surface area contributed by atoms with Gasteiger partial charge in [-0.15, -0.1) is 0 Å². The Morgan fingerprint density at radius 2 is 2.04 bits per heavy atom. The zero-order chi connectivity index (χ0) is 16.9. The van der Waals surface area contributed by atoms with Crippen LogP contribution in [0.15, 0.2) is 39.3 Å². The normalized spacial score (nSPS) is 15.9. The standard InChI is InChI=1S/C16H13BrF2N4O/c1-23-12(13(18)19)8-11(21-23)14-20-15(22-24-14)16(6-7-16)9-4-2-3-5-10(9)17/h2-5,8,13H,6-7H2,1H3. The van der Waals surface area contributed by atoms with Gasteiger partial charge in [0, 0.05) is 11.5 Å². The lowest BCUT2D eigenvalue weighted by molar-refractivity contribution is 0.141. The highest BCUT2D eigenvalue weighted by atomic mass is 79.9. The summed E-state index contributed by atoms with van der Waals surface area (Å²) < 4.78 is 33.2. The third-order valence-corrected chi connectivity index (χ3v) is 5.04. The lowest BCUT2D eigenvalue weighted by Gasteiger charge is -2.12. The monoisotopic (exact) mass is 394 g/mol. The maximum atomic E-state index is 12.9. The molecule has 0 N–H and O–H groups in total. The van der Waals surface area contributed by atoms with Gasteiger partial charge in [-0.25, -0.2) is 8.78 Å². The molecule has 24 heavy (non-hydrogen) atoms. The molecule has 0 radical (unpaired) electrons. The van der Waals surface area contributed by atoms with Gasteiger partial charge in [-0.2, -0.15) is 10.1 Å². The van der Waals surface area contributed by atoms with Crippen molar-refractivity contribution in [2.75, 3.05) is 0 Å². The van der Waals surface area contributed by atoms with Gasteiger partial charge >= 0.3 is 0 Å². The third kappa shape index (κ3) is 2.36. The highest BCUT2D eigenvalue weighted by Gasteiger charge is 2.51. The average Bonchev–Trinajstić information content (AvgIpc) is 3.02. The summed E-state index contributed by atoms with van der Waals surface area (Å²) >= 11 is 3.56.